The van der Waals surface area contributed by atoms with Gasteiger partial charge in [-0.25, -0.2) is 8.78 Å². The van der Waals surface area contributed by atoms with Crippen LogP contribution in [-0.4, -0.2) is 42.6 Å². The Labute approximate surface area is 223 Å². The SMILES string of the molecule is OC(CNC(c1cccc(OCc2cccc(C(F)(F)F)c2)c1)C1CCCC(OC(F)(F)C(F)F)C1)C(F)(F)F. The monoisotopic (exact) mass is 591 g/mol. The topological polar surface area (TPSA) is 50.7 Å². The molecule has 0 aromatic heterocycles. The summed E-state index contributed by atoms with van der Waals surface area (Å²) in [7, 11) is 0. The molecular formula is C26H27F10NO3. The summed E-state index contributed by atoms with van der Waals surface area (Å²) in [5.74, 6) is -0.489. The summed E-state index contributed by atoms with van der Waals surface area (Å²) in [6.45, 7) is -1.21. The lowest BCUT2D eigenvalue weighted by atomic mass is 9.79. The van der Waals surface area contributed by atoms with Crippen LogP contribution in [0.2, 0.25) is 0 Å². The van der Waals surface area contributed by atoms with Gasteiger partial charge >= 0.3 is 24.9 Å². The van der Waals surface area contributed by atoms with Gasteiger partial charge in [0, 0.05) is 12.6 Å². The molecule has 0 spiro atoms. The van der Waals surface area contributed by atoms with Gasteiger partial charge in [-0.3, -0.25) is 0 Å². The van der Waals surface area contributed by atoms with Crippen molar-refractivity contribution in [2.75, 3.05) is 6.54 Å². The summed E-state index contributed by atoms with van der Waals surface area (Å²) < 4.78 is 140. The number of benzene rings is 2. The number of rotatable bonds is 11. The Morgan fingerprint density at radius 3 is 2.27 bits per heavy atom. The van der Waals surface area contributed by atoms with Crippen LogP contribution in [0.15, 0.2) is 48.5 Å². The highest BCUT2D eigenvalue weighted by Gasteiger charge is 2.46. The number of alkyl halides is 10. The summed E-state index contributed by atoms with van der Waals surface area (Å²) in [4.78, 5) is 0. The van der Waals surface area contributed by atoms with E-state index in [0.29, 0.717) is 12.0 Å². The van der Waals surface area contributed by atoms with Crippen molar-refractivity contribution in [3.05, 3.63) is 65.2 Å². The highest BCUT2D eigenvalue weighted by Crippen LogP contribution is 2.39. The first kappa shape index (κ1) is 31.9. The zero-order valence-electron chi connectivity index (χ0n) is 20.8. The normalized spacial score (nSPS) is 20.4. The van der Waals surface area contributed by atoms with Crippen molar-refractivity contribution in [2.45, 2.75) is 75.4 Å². The second-order valence-electron chi connectivity index (χ2n) is 9.53. The molecule has 1 fully saturated rings. The molecule has 0 saturated heterocycles. The largest absolute Gasteiger partial charge is 0.489 e. The van der Waals surface area contributed by atoms with E-state index in [1.54, 1.807) is 0 Å². The molecule has 224 valence electrons. The van der Waals surface area contributed by atoms with E-state index in [1.165, 1.54) is 36.4 Å². The Bertz CT molecular complexity index is 1090. The minimum atomic E-state index is -4.94. The molecule has 3 rings (SSSR count). The van der Waals surface area contributed by atoms with E-state index < -0.39 is 61.2 Å². The van der Waals surface area contributed by atoms with Crippen LogP contribution >= 0.6 is 0 Å². The molecule has 4 unspecified atom stereocenters. The second kappa shape index (κ2) is 12.9. The summed E-state index contributed by atoms with van der Waals surface area (Å²) in [6.07, 6.45) is -21.8. The maximum absolute atomic E-state index is 13.5. The van der Waals surface area contributed by atoms with Crippen LogP contribution in [0.1, 0.15) is 48.4 Å². The van der Waals surface area contributed by atoms with E-state index >= 15 is 0 Å². The Hall–Kier alpha value is -2.58. The van der Waals surface area contributed by atoms with Gasteiger partial charge in [0.25, 0.3) is 0 Å². The van der Waals surface area contributed by atoms with E-state index in [2.05, 4.69) is 10.1 Å². The predicted molar refractivity (Wildman–Crippen MR) is 123 cm³/mol. The average Bonchev–Trinajstić information content (AvgIpc) is 2.87. The zero-order chi connectivity index (χ0) is 29.7. The van der Waals surface area contributed by atoms with Gasteiger partial charge in [-0.1, -0.05) is 30.7 Å². The van der Waals surface area contributed by atoms with Crippen LogP contribution in [0.5, 0.6) is 5.75 Å². The fourth-order valence-electron chi connectivity index (χ4n) is 4.58. The molecule has 0 amide bonds. The van der Waals surface area contributed by atoms with E-state index in [-0.39, 0.29) is 37.2 Å². The fraction of sp³-hybridized carbons (Fsp3) is 0.538. The molecule has 4 nitrogen and oxygen atoms in total. The smallest absolute Gasteiger partial charge is 0.416 e. The first-order valence-electron chi connectivity index (χ1n) is 12.3. The number of aliphatic hydroxyl groups is 1. The van der Waals surface area contributed by atoms with Gasteiger partial charge < -0.3 is 19.9 Å². The van der Waals surface area contributed by atoms with Gasteiger partial charge in [-0.05, 0) is 60.6 Å². The first-order chi connectivity index (χ1) is 18.6. The molecule has 40 heavy (non-hydrogen) atoms. The molecule has 0 bridgehead atoms. The van der Waals surface area contributed by atoms with Crippen molar-refractivity contribution in [3.8, 4) is 5.75 Å². The summed E-state index contributed by atoms with van der Waals surface area (Å²) in [5, 5.41) is 12.1. The van der Waals surface area contributed by atoms with Gasteiger partial charge in [0.15, 0.2) is 6.10 Å². The third-order valence-electron chi connectivity index (χ3n) is 6.50. The molecular weight excluding hydrogens is 564 g/mol. The lowest BCUT2D eigenvalue weighted by Gasteiger charge is -2.37. The minimum absolute atomic E-state index is 0.0385. The van der Waals surface area contributed by atoms with Crippen molar-refractivity contribution in [1.29, 1.82) is 0 Å². The van der Waals surface area contributed by atoms with Crippen LogP contribution in [0.4, 0.5) is 43.9 Å². The molecule has 4 atom stereocenters. The highest BCUT2D eigenvalue weighted by molar-refractivity contribution is 5.32. The van der Waals surface area contributed by atoms with Crippen molar-refractivity contribution in [2.24, 2.45) is 5.92 Å². The minimum Gasteiger partial charge on any atom is -0.489 e. The fourth-order valence-corrected chi connectivity index (χ4v) is 4.58. The summed E-state index contributed by atoms with van der Waals surface area (Å²) >= 11 is 0. The lowest BCUT2D eigenvalue weighted by molar-refractivity contribution is -0.322. The number of hydrogen-bond donors (Lipinski definition) is 2. The zero-order valence-corrected chi connectivity index (χ0v) is 20.8. The maximum atomic E-state index is 13.5. The average molecular weight is 591 g/mol. The van der Waals surface area contributed by atoms with E-state index in [4.69, 9.17) is 4.74 Å². The van der Waals surface area contributed by atoms with E-state index in [1.807, 2.05) is 0 Å². The highest BCUT2D eigenvalue weighted by atomic mass is 19.4. The van der Waals surface area contributed by atoms with Crippen LogP contribution in [0.25, 0.3) is 0 Å². The third kappa shape index (κ3) is 8.96. The Kier molecular flexibility index (Phi) is 10.3. The van der Waals surface area contributed by atoms with Crippen LogP contribution in [0, 0.1) is 5.92 Å². The van der Waals surface area contributed by atoms with Gasteiger partial charge in [0.05, 0.1) is 11.7 Å². The number of aliphatic hydroxyl groups excluding tert-OH is 1. The second-order valence-corrected chi connectivity index (χ2v) is 9.53. The molecule has 0 heterocycles. The van der Waals surface area contributed by atoms with Crippen molar-refractivity contribution in [3.63, 3.8) is 0 Å². The summed E-state index contributed by atoms with van der Waals surface area (Å²) in [6, 6.07) is 9.35. The van der Waals surface area contributed by atoms with Crippen LogP contribution in [0.3, 0.4) is 0 Å². The van der Waals surface area contributed by atoms with Gasteiger partial charge in [0.1, 0.15) is 12.4 Å². The molecule has 2 N–H and O–H groups in total. The maximum Gasteiger partial charge on any atom is 0.416 e. The van der Waals surface area contributed by atoms with Gasteiger partial charge in [-0.2, -0.15) is 35.1 Å². The molecule has 14 heteroatoms. The van der Waals surface area contributed by atoms with Gasteiger partial charge in [0.2, 0.25) is 0 Å². The Morgan fingerprint density at radius 1 is 0.925 bits per heavy atom. The van der Waals surface area contributed by atoms with Crippen LogP contribution < -0.4 is 10.1 Å². The predicted octanol–water partition coefficient (Wildman–Crippen LogP) is 7.27. The van der Waals surface area contributed by atoms with E-state index in [0.717, 1.165) is 12.1 Å². The lowest BCUT2D eigenvalue weighted by Crippen LogP contribution is -2.43. The van der Waals surface area contributed by atoms with E-state index in [9.17, 15) is 49.0 Å². The molecule has 1 saturated carbocycles. The van der Waals surface area contributed by atoms with Crippen LogP contribution in [-0.2, 0) is 17.5 Å². The van der Waals surface area contributed by atoms with Crippen molar-refractivity contribution in [1.82, 2.24) is 5.32 Å². The first-order valence-corrected chi connectivity index (χ1v) is 12.3. The number of ether oxygens (including phenoxy) is 2. The van der Waals surface area contributed by atoms with Crippen molar-refractivity contribution < 1.29 is 58.5 Å². The van der Waals surface area contributed by atoms with Crippen molar-refractivity contribution >= 4 is 0 Å². The molecule has 1 aliphatic rings. The number of hydrogen-bond acceptors (Lipinski definition) is 4. The molecule has 1 aliphatic carbocycles. The molecule has 0 radical (unpaired) electrons. The number of halogens is 10. The molecule has 0 aliphatic heterocycles. The summed E-state index contributed by atoms with van der Waals surface area (Å²) in [5.41, 5.74) is -0.334. The quantitative estimate of drug-likeness (QED) is 0.270. The Morgan fingerprint density at radius 2 is 1.62 bits per heavy atom. The number of nitrogens with one attached hydrogen (secondary N) is 1. The van der Waals surface area contributed by atoms with Gasteiger partial charge in [-0.15, -0.1) is 0 Å². The molecule has 2 aromatic rings. The standard InChI is InChI=1S/C26H27F10NO3/c27-23(28)26(35,36)40-20-9-3-6-17(12-20)22(37-13-21(38)25(32,33)34)16-5-2-8-19(11-16)39-14-15-4-1-7-18(10-15)24(29,30)31/h1-2,4-5,7-8,10-11,17,20-23,37-38H,3,6,9,12-14H2. The Balaban J connectivity index is 1.80. The molecule has 2 aromatic carbocycles. The third-order valence-corrected chi connectivity index (χ3v) is 6.50.